The Kier molecular flexibility index (Phi) is 4.89. The van der Waals surface area contributed by atoms with Gasteiger partial charge in [0.2, 0.25) is 0 Å². The van der Waals surface area contributed by atoms with Crippen LogP contribution in [0.5, 0.6) is 0 Å². The summed E-state index contributed by atoms with van der Waals surface area (Å²) < 4.78 is 8.66. The van der Waals surface area contributed by atoms with Crippen molar-refractivity contribution in [3.63, 3.8) is 0 Å². The van der Waals surface area contributed by atoms with E-state index in [0.717, 1.165) is 23.7 Å². The van der Waals surface area contributed by atoms with Gasteiger partial charge in [0.1, 0.15) is 5.60 Å². The van der Waals surface area contributed by atoms with E-state index in [1.807, 2.05) is 6.92 Å². The minimum absolute atomic E-state index is 0.0832. The van der Waals surface area contributed by atoms with E-state index in [1.165, 1.54) is 16.5 Å². The van der Waals surface area contributed by atoms with E-state index in [2.05, 4.69) is 65.8 Å². The highest BCUT2D eigenvalue weighted by Crippen LogP contribution is 2.35. The summed E-state index contributed by atoms with van der Waals surface area (Å²) in [5, 5.41) is 1.27. The highest BCUT2D eigenvalue weighted by molar-refractivity contribution is 9.10. The minimum Gasteiger partial charge on any atom is -0.362 e. The highest BCUT2D eigenvalue weighted by Gasteiger charge is 2.49. The normalized spacial score (nSPS) is 21.4. The first-order chi connectivity index (χ1) is 11.3. The van der Waals surface area contributed by atoms with Crippen LogP contribution in [0, 0.1) is 11.8 Å². The van der Waals surface area contributed by atoms with Crippen molar-refractivity contribution >= 4 is 32.6 Å². The molecule has 0 N–H and O–H groups in total. The lowest BCUT2D eigenvalue weighted by molar-refractivity contribution is -0.128. The monoisotopic (exact) mass is 391 g/mol. The van der Waals surface area contributed by atoms with Gasteiger partial charge in [-0.25, -0.2) is 0 Å². The molecule has 2 heterocycles. The molecule has 1 aliphatic heterocycles. The summed E-state index contributed by atoms with van der Waals surface area (Å²) in [4.78, 5) is 12.8. The fourth-order valence-electron chi connectivity index (χ4n) is 3.58. The van der Waals surface area contributed by atoms with E-state index in [1.54, 1.807) is 0 Å². The number of fused-ring (bicyclic) bond motifs is 1. The zero-order valence-electron chi connectivity index (χ0n) is 14.9. The molecule has 0 aliphatic carbocycles. The summed E-state index contributed by atoms with van der Waals surface area (Å²) >= 11 is 3.57. The molecule has 0 unspecified atom stereocenters. The summed E-state index contributed by atoms with van der Waals surface area (Å²) in [5.41, 5.74) is 2.04. The van der Waals surface area contributed by atoms with Crippen molar-refractivity contribution in [3.8, 4) is 0 Å². The average Bonchev–Trinajstić information content (AvgIpc) is 3.19. The van der Waals surface area contributed by atoms with Gasteiger partial charge in [-0.15, -0.1) is 0 Å². The molecule has 0 spiro atoms. The number of hydrogen-bond donors (Lipinski definition) is 0. The third-order valence-corrected chi connectivity index (χ3v) is 5.51. The van der Waals surface area contributed by atoms with Crippen molar-refractivity contribution in [2.24, 2.45) is 18.9 Å². The molecule has 1 saturated heterocycles. The molecule has 0 saturated carbocycles. The standard InChI is InChI=1S/C20H26BrNO2/c1-13(2)9-14(19(23)20(3)12-24-20)5-6-15-11-22(4)18-8-7-16(21)10-17(15)18/h7-8,10-11,13-14H,5-6,9,12H2,1-4H3/t14-,20+/m0/s1. The maximum atomic E-state index is 12.8. The van der Waals surface area contributed by atoms with Crippen molar-refractivity contribution in [1.82, 2.24) is 4.57 Å². The maximum Gasteiger partial charge on any atom is 0.169 e. The number of aromatic nitrogens is 1. The molecular weight excluding hydrogens is 366 g/mol. The molecule has 0 amide bonds. The van der Waals surface area contributed by atoms with Gasteiger partial charge in [-0.1, -0.05) is 29.8 Å². The van der Waals surface area contributed by atoms with E-state index in [9.17, 15) is 4.79 Å². The van der Waals surface area contributed by atoms with Crippen LogP contribution in [0.2, 0.25) is 0 Å². The number of carbonyl (C=O) groups excluding carboxylic acids is 1. The SMILES string of the molecule is CC(C)C[C@H](CCc1cn(C)c2ccc(Br)cc12)C(=O)[C@@]1(C)CO1. The number of epoxide rings is 1. The number of ketones is 1. The predicted molar refractivity (Wildman–Crippen MR) is 101 cm³/mol. The first kappa shape index (κ1) is 17.7. The largest absolute Gasteiger partial charge is 0.362 e. The second-order valence-electron chi connectivity index (χ2n) is 7.68. The van der Waals surface area contributed by atoms with Crippen molar-refractivity contribution in [2.45, 2.75) is 45.6 Å². The number of hydrogen-bond acceptors (Lipinski definition) is 2. The molecule has 24 heavy (non-hydrogen) atoms. The topological polar surface area (TPSA) is 34.5 Å². The third kappa shape index (κ3) is 3.60. The Morgan fingerprint density at radius 2 is 2.12 bits per heavy atom. The van der Waals surface area contributed by atoms with Crippen LogP contribution in [-0.4, -0.2) is 22.6 Å². The summed E-state index contributed by atoms with van der Waals surface area (Å²) in [5.74, 6) is 0.889. The van der Waals surface area contributed by atoms with Crippen molar-refractivity contribution in [2.75, 3.05) is 6.61 Å². The number of carbonyl (C=O) groups is 1. The molecule has 130 valence electrons. The number of nitrogens with zero attached hydrogens (tertiary/aromatic N) is 1. The lowest BCUT2D eigenvalue weighted by Crippen LogP contribution is -2.30. The van der Waals surface area contributed by atoms with Gasteiger partial charge in [-0.2, -0.15) is 0 Å². The summed E-state index contributed by atoms with van der Waals surface area (Å²) in [6, 6.07) is 6.39. The number of aryl methyl sites for hydroxylation is 2. The minimum atomic E-state index is -0.513. The van der Waals surface area contributed by atoms with Crippen molar-refractivity contribution in [3.05, 3.63) is 34.4 Å². The van der Waals surface area contributed by atoms with Crippen molar-refractivity contribution in [1.29, 1.82) is 0 Å². The molecule has 1 aliphatic rings. The van der Waals surface area contributed by atoms with Crippen LogP contribution in [0.3, 0.4) is 0 Å². The molecule has 0 bridgehead atoms. The van der Waals surface area contributed by atoms with Crippen LogP contribution >= 0.6 is 15.9 Å². The highest BCUT2D eigenvalue weighted by atomic mass is 79.9. The first-order valence-corrected chi connectivity index (χ1v) is 9.51. The number of rotatable bonds is 7. The molecule has 0 radical (unpaired) electrons. The molecule has 1 aromatic heterocycles. The first-order valence-electron chi connectivity index (χ1n) is 8.72. The van der Waals surface area contributed by atoms with E-state index in [4.69, 9.17) is 4.74 Å². The number of Topliss-reactive ketones (excluding diaryl/α,β-unsaturated/α-hetero) is 1. The third-order valence-electron chi connectivity index (χ3n) is 5.02. The Bertz CT molecular complexity index is 758. The summed E-state index contributed by atoms with van der Waals surface area (Å²) in [6.45, 7) is 6.89. The number of benzene rings is 1. The molecule has 2 aromatic rings. The van der Waals surface area contributed by atoms with Gasteiger partial charge < -0.3 is 9.30 Å². The van der Waals surface area contributed by atoms with E-state index < -0.39 is 5.60 Å². The van der Waals surface area contributed by atoms with E-state index in [0.29, 0.717) is 12.5 Å². The average molecular weight is 392 g/mol. The molecule has 4 heteroatoms. The van der Waals surface area contributed by atoms with Crippen LogP contribution in [0.25, 0.3) is 10.9 Å². The second kappa shape index (κ2) is 6.64. The maximum absolute atomic E-state index is 12.8. The predicted octanol–water partition coefficient (Wildman–Crippen LogP) is 4.89. The Balaban J connectivity index is 1.79. The molecule has 3 nitrogen and oxygen atoms in total. The van der Waals surface area contributed by atoms with Gasteiger partial charge >= 0.3 is 0 Å². The van der Waals surface area contributed by atoms with Gasteiger partial charge in [0.05, 0.1) is 6.61 Å². The Hall–Kier alpha value is -1.13. The summed E-state index contributed by atoms with van der Waals surface area (Å²) in [7, 11) is 2.08. The van der Waals surface area contributed by atoms with Gasteiger partial charge in [-0.3, -0.25) is 4.79 Å². The Labute approximate surface area is 152 Å². The molecule has 2 atom stereocenters. The van der Waals surface area contributed by atoms with Crippen LogP contribution < -0.4 is 0 Å². The quantitative estimate of drug-likeness (QED) is 0.629. The fourth-order valence-corrected chi connectivity index (χ4v) is 3.94. The van der Waals surface area contributed by atoms with Crippen molar-refractivity contribution < 1.29 is 9.53 Å². The molecule has 1 aromatic carbocycles. The second-order valence-corrected chi connectivity index (χ2v) is 8.59. The number of ether oxygens (including phenoxy) is 1. The number of halogens is 1. The lowest BCUT2D eigenvalue weighted by atomic mass is 9.83. The fraction of sp³-hybridized carbons (Fsp3) is 0.550. The van der Waals surface area contributed by atoms with Gasteiger partial charge in [0, 0.05) is 34.5 Å². The summed E-state index contributed by atoms with van der Waals surface area (Å²) in [6.07, 6.45) is 4.95. The Morgan fingerprint density at radius 3 is 2.75 bits per heavy atom. The lowest BCUT2D eigenvalue weighted by Gasteiger charge is -2.19. The van der Waals surface area contributed by atoms with Crippen LogP contribution in [-0.2, 0) is 23.0 Å². The van der Waals surface area contributed by atoms with Gasteiger partial charge in [0.15, 0.2) is 5.78 Å². The van der Waals surface area contributed by atoms with Gasteiger partial charge in [-0.05, 0) is 55.9 Å². The smallest absolute Gasteiger partial charge is 0.169 e. The zero-order valence-corrected chi connectivity index (χ0v) is 16.5. The molecular formula is C20H26BrNO2. The zero-order chi connectivity index (χ0) is 17.5. The van der Waals surface area contributed by atoms with Crippen LogP contribution in [0.4, 0.5) is 0 Å². The Morgan fingerprint density at radius 1 is 1.42 bits per heavy atom. The van der Waals surface area contributed by atoms with Crippen LogP contribution in [0.1, 0.15) is 39.2 Å². The van der Waals surface area contributed by atoms with E-state index >= 15 is 0 Å². The molecule has 1 fully saturated rings. The molecule has 3 rings (SSSR count). The van der Waals surface area contributed by atoms with Crippen LogP contribution in [0.15, 0.2) is 28.9 Å². The van der Waals surface area contributed by atoms with Gasteiger partial charge in [0.25, 0.3) is 0 Å². The van der Waals surface area contributed by atoms with E-state index in [-0.39, 0.29) is 11.7 Å².